The molecule has 1 heterocycles. The molecule has 1 saturated carbocycles. The van der Waals surface area contributed by atoms with E-state index in [-0.39, 0.29) is 5.79 Å². The highest BCUT2D eigenvalue weighted by Gasteiger charge is 2.40. The Labute approximate surface area is 125 Å². The summed E-state index contributed by atoms with van der Waals surface area (Å²) in [4.78, 5) is 0. The molecular formula is C18H21NO2. The van der Waals surface area contributed by atoms with Gasteiger partial charge in [0.05, 0.1) is 13.2 Å². The maximum absolute atomic E-state index is 5.80. The highest BCUT2D eigenvalue weighted by atomic mass is 16.7. The number of anilines is 1. The summed E-state index contributed by atoms with van der Waals surface area (Å²) in [6.07, 6.45) is 4.19. The van der Waals surface area contributed by atoms with Gasteiger partial charge in [-0.3, -0.25) is 0 Å². The Morgan fingerprint density at radius 3 is 2.43 bits per heavy atom. The van der Waals surface area contributed by atoms with Crippen molar-refractivity contribution in [2.75, 3.05) is 18.5 Å². The Balaban J connectivity index is 1.49. The molecule has 0 radical (unpaired) electrons. The molecule has 2 aromatic carbocycles. The van der Waals surface area contributed by atoms with E-state index in [2.05, 4.69) is 47.8 Å². The molecule has 1 aliphatic carbocycles. The summed E-state index contributed by atoms with van der Waals surface area (Å²) >= 11 is 0. The zero-order valence-corrected chi connectivity index (χ0v) is 12.2. The molecule has 3 nitrogen and oxygen atoms in total. The van der Waals surface area contributed by atoms with E-state index in [9.17, 15) is 0 Å². The lowest BCUT2D eigenvalue weighted by atomic mass is 9.89. The molecule has 1 spiro atoms. The van der Waals surface area contributed by atoms with Gasteiger partial charge in [0, 0.05) is 30.0 Å². The molecule has 0 aromatic heterocycles. The molecule has 2 fully saturated rings. The van der Waals surface area contributed by atoms with Crippen molar-refractivity contribution in [3.8, 4) is 0 Å². The largest absolute Gasteiger partial charge is 0.382 e. The summed E-state index contributed by atoms with van der Waals surface area (Å²) in [6.45, 7) is 1.50. The number of ether oxygens (including phenoxy) is 2. The average molecular weight is 283 g/mol. The first-order chi connectivity index (χ1) is 10.3. The number of hydrogen-bond donors (Lipinski definition) is 1. The molecule has 21 heavy (non-hydrogen) atoms. The summed E-state index contributed by atoms with van der Waals surface area (Å²) in [5.41, 5.74) is 1.24. The second-order valence-corrected chi connectivity index (χ2v) is 6.05. The van der Waals surface area contributed by atoms with Crippen molar-refractivity contribution in [2.45, 2.75) is 37.5 Å². The lowest BCUT2D eigenvalue weighted by molar-refractivity contribution is -0.177. The van der Waals surface area contributed by atoms with Gasteiger partial charge < -0.3 is 14.8 Å². The molecule has 0 unspecified atom stereocenters. The predicted octanol–water partition coefficient (Wildman–Crippen LogP) is 3.94. The van der Waals surface area contributed by atoms with E-state index >= 15 is 0 Å². The Morgan fingerprint density at radius 1 is 0.905 bits per heavy atom. The van der Waals surface area contributed by atoms with Gasteiger partial charge in [-0.25, -0.2) is 0 Å². The van der Waals surface area contributed by atoms with Gasteiger partial charge in [-0.1, -0.05) is 36.4 Å². The van der Waals surface area contributed by atoms with Gasteiger partial charge in [0.2, 0.25) is 0 Å². The summed E-state index contributed by atoms with van der Waals surface area (Å²) in [5, 5.41) is 6.31. The molecule has 0 bridgehead atoms. The lowest BCUT2D eigenvalue weighted by Crippen LogP contribution is -2.39. The molecule has 2 aliphatic rings. The van der Waals surface area contributed by atoms with Crippen molar-refractivity contribution in [1.82, 2.24) is 0 Å². The van der Waals surface area contributed by atoms with E-state index in [1.54, 1.807) is 0 Å². The fourth-order valence-corrected chi connectivity index (χ4v) is 3.56. The predicted molar refractivity (Wildman–Crippen MR) is 84.5 cm³/mol. The topological polar surface area (TPSA) is 30.5 Å². The summed E-state index contributed by atoms with van der Waals surface area (Å²) in [5.74, 6) is -0.267. The van der Waals surface area contributed by atoms with E-state index in [1.807, 2.05) is 0 Å². The quantitative estimate of drug-likeness (QED) is 0.905. The van der Waals surface area contributed by atoms with Crippen molar-refractivity contribution in [1.29, 1.82) is 0 Å². The number of rotatable bonds is 2. The molecule has 1 N–H and O–H groups in total. The van der Waals surface area contributed by atoms with E-state index in [0.717, 1.165) is 38.9 Å². The first-order valence-electron chi connectivity index (χ1n) is 7.87. The van der Waals surface area contributed by atoms with Gasteiger partial charge in [-0.2, -0.15) is 0 Å². The number of nitrogens with one attached hydrogen (secondary N) is 1. The van der Waals surface area contributed by atoms with Crippen LogP contribution >= 0.6 is 0 Å². The van der Waals surface area contributed by atoms with Crippen LogP contribution in [0.5, 0.6) is 0 Å². The Kier molecular flexibility index (Phi) is 3.32. The fraction of sp³-hybridized carbons (Fsp3) is 0.444. The van der Waals surface area contributed by atoms with E-state index in [1.165, 1.54) is 16.5 Å². The Bertz CT molecular complexity index is 619. The van der Waals surface area contributed by atoms with Gasteiger partial charge in [0.25, 0.3) is 0 Å². The van der Waals surface area contributed by atoms with Crippen LogP contribution in [0.15, 0.2) is 42.5 Å². The van der Waals surface area contributed by atoms with E-state index in [4.69, 9.17) is 9.47 Å². The first kappa shape index (κ1) is 13.1. The first-order valence-corrected chi connectivity index (χ1v) is 7.87. The van der Waals surface area contributed by atoms with Crippen LogP contribution in [-0.2, 0) is 9.47 Å². The van der Waals surface area contributed by atoms with Gasteiger partial charge in [0.15, 0.2) is 5.79 Å². The molecule has 110 valence electrons. The number of benzene rings is 2. The molecular weight excluding hydrogens is 262 g/mol. The van der Waals surface area contributed by atoms with Gasteiger partial charge in [-0.05, 0) is 24.3 Å². The van der Waals surface area contributed by atoms with Crippen molar-refractivity contribution in [2.24, 2.45) is 0 Å². The van der Waals surface area contributed by atoms with Crippen molar-refractivity contribution >= 4 is 16.5 Å². The highest BCUT2D eigenvalue weighted by molar-refractivity contribution is 5.93. The third kappa shape index (κ3) is 2.52. The summed E-state index contributed by atoms with van der Waals surface area (Å²) < 4.78 is 11.6. The zero-order valence-electron chi connectivity index (χ0n) is 12.2. The maximum Gasteiger partial charge on any atom is 0.168 e. The number of fused-ring (bicyclic) bond motifs is 1. The van der Waals surface area contributed by atoms with Crippen LogP contribution in [0.4, 0.5) is 5.69 Å². The van der Waals surface area contributed by atoms with Crippen LogP contribution < -0.4 is 5.32 Å². The third-order valence-electron chi connectivity index (χ3n) is 4.71. The van der Waals surface area contributed by atoms with Gasteiger partial charge in [-0.15, -0.1) is 0 Å². The molecule has 1 aliphatic heterocycles. The highest BCUT2D eigenvalue weighted by Crippen LogP contribution is 2.37. The minimum absolute atomic E-state index is 0.267. The number of hydrogen-bond acceptors (Lipinski definition) is 3. The Morgan fingerprint density at radius 2 is 1.62 bits per heavy atom. The van der Waals surface area contributed by atoms with Gasteiger partial charge >= 0.3 is 0 Å². The van der Waals surface area contributed by atoms with Crippen LogP contribution in [0.25, 0.3) is 10.8 Å². The Hall–Kier alpha value is -1.58. The SMILES string of the molecule is c1ccc2c(NC3CCC4(CC3)OCCO4)cccc2c1. The smallest absolute Gasteiger partial charge is 0.168 e. The van der Waals surface area contributed by atoms with Crippen LogP contribution in [0.3, 0.4) is 0 Å². The molecule has 2 aromatic rings. The van der Waals surface area contributed by atoms with Gasteiger partial charge in [0.1, 0.15) is 0 Å². The molecule has 0 amide bonds. The summed E-state index contributed by atoms with van der Waals surface area (Å²) in [7, 11) is 0. The molecule has 0 atom stereocenters. The van der Waals surface area contributed by atoms with E-state index in [0.29, 0.717) is 6.04 Å². The fourth-order valence-electron chi connectivity index (χ4n) is 3.56. The standard InChI is InChI=1S/C18H21NO2/c1-2-6-16-14(4-1)5-3-7-17(16)19-15-8-10-18(11-9-15)20-12-13-21-18/h1-7,15,19H,8-13H2. The molecule has 3 heteroatoms. The zero-order chi connectivity index (χ0) is 14.1. The maximum atomic E-state index is 5.80. The van der Waals surface area contributed by atoms with Crippen LogP contribution in [0.1, 0.15) is 25.7 Å². The molecule has 1 saturated heterocycles. The monoisotopic (exact) mass is 283 g/mol. The molecule has 4 rings (SSSR count). The third-order valence-corrected chi connectivity index (χ3v) is 4.71. The van der Waals surface area contributed by atoms with Crippen molar-refractivity contribution in [3.63, 3.8) is 0 Å². The second kappa shape index (κ2) is 5.32. The second-order valence-electron chi connectivity index (χ2n) is 6.05. The van der Waals surface area contributed by atoms with Crippen molar-refractivity contribution < 1.29 is 9.47 Å². The minimum Gasteiger partial charge on any atom is -0.382 e. The normalized spacial score (nSPS) is 21.9. The van der Waals surface area contributed by atoms with Crippen LogP contribution in [-0.4, -0.2) is 25.0 Å². The minimum atomic E-state index is -0.267. The van der Waals surface area contributed by atoms with E-state index < -0.39 is 0 Å². The lowest BCUT2D eigenvalue weighted by Gasteiger charge is -2.36. The van der Waals surface area contributed by atoms with Crippen LogP contribution in [0.2, 0.25) is 0 Å². The van der Waals surface area contributed by atoms with Crippen LogP contribution in [0, 0.1) is 0 Å². The summed E-state index contributed by atoms with van der Waals surface area (Å²) in [6, 6.07) is 15.5. The van der Waals surface area contributed by atoms with Crippen molar-refractivity contribution in [3.05, 3.63) is 42.5 Å². The average Bonchev–Trinajstić information content (AvgIpc) is 2.99.